The van der Waals surface area contributed by atoms with E-state index in [-0.39, 0.29) is 24.1 Å². The smallest absolute Gasteiger partial charge is 0.251 e. The van der Waals surface area contributed by atoms with Gasteiger partial charge in [-0.1, -0.05) is 38.1 Å². The highest BCUT2D eigenvalue weighted by Gasteiger charge is 2.36. The van der Waals surface area contributed by atoms with Gasteiger partial charge in [0.25, 0.3) is 5.91 Å². The molecule has 1 saturated heterocycles. The molecule has 1 fully saturated rings. The van der Waals surface area contributed by atoms with E-state index in [0.29, 0.717) is 23.7 Å². The highest BCUT2D eigenvalue weighted by atomic mass is 16.2. The fourth-order valence-electron chi connectivity index (χ4n) is 3.61. The predicted molar refractivity (Wildman–Crippen MR) is 114 cm³/mol. The van der Waals surface area contributed by atoms with Crippen LogP contribution in [0.4, 0.5) is 11.4 Å². The maximum atomic E-state index is 12.8. The Bertz CT molecular complexity index is 925. The van der Waals surface area contributed by atoms with Crippen molar-refractivity contribution in [2.45, 2.75) is 32.6 Å². The predicted octanol–water partition coefficient (Wildman–Crippen LogP) is 3.55. The summed E-state index contributed by atoms with van der Waals surface area (Å²) < 4.78 is 0. The zero-order chi connectivity index (χ0) is 21.0. The molecule has 0 radical (unpaired) electrons. The molecule has 2 aromatic rings. The van der Waals surface area contributed by atoms with Crippen LogP contribution >= 0.6 is 0 Å². The van der Waals surface area contributed by atoms with Crippen molar-refractivity contribution < 1.29 is 14.4 Å². The van der Waals surface area contributed by atoms with Crippen molar-refractivity contribution in [2.24, 2.45) is 5.92 Å². The fourth-order valence-corrected chi connectivity index (χ4v) is 3.61. The van der Waals surface area contributed by atoms with Gasteiger partial charge in [0.05, 0.1) is 5.92 Å². The monoisotopic (exact) mass is 393 g/mol. The average Bonchev–Trinajstić information content (AvgIpc) is 3.14. The molecule has 0 bridgehead atoms. The van der Waals surface area contributed by atoms with Gasteiger partial charge in [0, 0.05) is 37.0 Å². The zero-order valence-electron chi connectivity index (χ0n) is 17.1. The number of nitrogens with zero attached hydrogens (tertiary/aromatic N) is 1. The van der Waals surface area contributed by atoms with Crippen LogP contribution in [0.25, 0.3) is 0 Å². The minimum Gasteiger partial charge on any atom is -0.355 e. The zero-order valence-corrected chi connectivity index (χ0v) is 17.1. The SMILES string of the molecule is CC[C@@H](C)c1ccccc1N1C[C@H](C(=O)Nc2cccc(C(=O)NC)c2)CC1=O. The van der Waals surface area contributed by atoms with E-state index in [4.69, 9.17) is 0 Å². The molecule has 152 valence electrons. The van der Waals surface area contributed by atoms with Gasteiger partial charge in [-0.05, 0) is 42.2 Å². The molecule has 6 heteroatoms. The molecule has 3 rings (SSSR count). The maximum absolute atomic E-state index is 12.8. The first-order chi connectivity index (χ1) is 13.9. The number of para-hydroxylation sites is 1. The Morgan fingerprint density at radius 1 is 1.17 bits per heavy atom. The molecule has 0 aliphatic carbocycles. The molecule has 6 nitrogen and oxygen atoms in total. The molecule has 0 unspecified atom stereocenters. The van der Waals surface area contributed by atoms with Gasteiger partial charge in [-0.25, -0.2) is 0 Å². The van der Waals surface area contributed by atoms with Crippen molar-refractivity contribution in [1.82, 2.24) is 5.32 Å². The molecule has 1 aliphatic heterocycles. The van der Waals surface area contributed by atoms with Crippen LogP contribution in [-0.4, -0.2) is 31.3 Å². The van der Waals surface area contributed by atoms with Gasteiger partial charge in [-0.2, -0.15) is 0 Å². The molecule has 1 aliphatic rings. The highest BCUT2D eigenvalue weighted by molar-refractivity contribution is 6.04. The lowest BCUT2D eigenvalue weighted by Crippen LogP contribution is -2.29. The minimum absolute atomic E-state index is 0.0417. The van der Waals surface area contributed by atoms with Gasteiger partial charge >= 0.3 is 0 Å². The second kappa shape index (κ2) is 8.90. The molecule has 0 spiro atoms. The number of hydrogen-bond donors (Lipinski definition) is 2. The largest absolute Gasteiger partial charge is 0.355 e. The van der Waals surface area contributed by atoms with Crippen molar-refractivity contribution in [1.29, 1.82) is 0 Å². The summed E-state index contributed by atoms with van der Waals surface area (Å²) in [5.41, 5.74) is 3.03. The van der Waals surface area contributed by atoms with Gasteiger partial charge in [-0.3, -0.25) is 14.4 Å². The van der Waals surface area contributed by atoms with Crippen LogP contribution in [0.15, 0.2) is 48.5 Å². The van der Waals surface area contributed by atoms with Crippen molar-refractivity contribution >= 4 is 29.1 Å². The normalized spacial score (nSPS) is 17.1. The summed E-state index contributed by atoms with van der Waals surface area (Å²) in [7, 11) is 1.56. The third kappa shape index (κ3) is 4.47. The third-order valence-electron chi connectivity index (χ3n) is 5.49. The van der Waals surface area contributed by atoms with Gasteiger partial charge in [0.1, 0.15) is 0 Å². The summed E-state index contributed by atoms with van der Waals surface area (Å²) in [5.74, 6) is -0.573. The number of benzene rings is 2. The summed E-state index contributed by atoms with van der Waals surface area (Å²) in [5, 5.41) is 5.41. The Morgan fingerprint density at radius 2 is 1.93 bits per heavy atom. The second-order valence-corrected chi connectivity index (χ2v) is 7.42. The summed E-state index contributed by atoms with van der Waals surface area (Å²) in [6.07, 6.45) is 1.15. The number of hydrogen-bond acceptors (Lipinski definition) is 3. The lowest BCUT2D eigenvalue weighted by Gasteiger charge is -2.23. The van der Waals surface area contributed by atoms with Gasteiger partial charge in [0.15, 0.2) is 0 Å². The van der Waals surface area contributed by atoms with Crippen LogP contribution in [-0.2, 0) is 9.59 Å². The Labute approximate surface area is 171 Å². The summed E-state index contributed by atoms with van der Waals surface area (Å²) in [4.78, 5) is 39.0. The molecule has 0 saturated carbocycles. The number of rotatable bonds is 6. The highest BCUT2D eigenvalue weighted by Crippen LogP contribution is 2.33. The molecule has 1 heterocycles. The van der Waals surface area contributed by atoms with E-state index >= 15 is 0 Å². The summed E-state index contributed by atoms with van der Waals surface area (Å²) in [6.45, 7) is 4.62. The standard InChI is InChI=1S/C23H27N3O3/c1-4-15(2)19-10-5-6-11-20(19)26-14-17(13-21(26)27)23(29)25-18-9-7-8-16(12-18)22(28)24-3/h5-12,15,17H,4,13-14H2,1-3H3,(H,24,28)(H,25,29)/t15-,17-/m1/s1. The topological polar surface area (TPSA) is 78.5 Å². The van der Waals surface area contributed by atoms with Crippen LogP contribution in [0.1, 0.15) is 48.5 Å². The van der Waals surface area contributed by atoms with E-state index < -0.39 is 5.92 Å². The Morgan fingerprint density at radius 3 is 2.66 bits per heavy atom. The first kappa shape index (κ1) is 20.6. The fraction of sp³-hybridized carbons (Fsp3) is 0.348. The van der Waals surface area contributed by atoms with Crippen molar-refractivity contribution in [3.63, 3.8) is 0 Å². The lowest BCUT2D eigenvalue weighted by molar-refractivity contribution is -0.122. The number of amides is 3. The van der Waals surface area contributed by atoms with E-state index in [1.54, 1.807) is 36.2 Å². The van der Waals surface area contributed by atoms with Crippen molar-refractivity contribution in [3.8, 4) is 0 Å². The van der Waals surface area contributed by atoms with Gasteiger partial charge in [-0.15, -0.1) is 0 Å². The molecule has 2 N–H and O–H groups in total. The van der Waals surface area contributed by atoms with Gasteiger partial charge < -0.3 is 15.5 Å². The first-order valence-electron chi connectivity index (χ1n) is 9.96. The molecule has 29 heavy (non-hydrogen) atoms. The number of nitrogens with one attached hydrogen (secondary N) is 2. The van der Waals surface area contributed by atoms with Crippen LogP contribution < -0.4 is 15.5 Å². The van der Waals surface area contributed by atoms with E-state index in [0.717, 1.165) is 17.7 Å². The van der Waals surface area contributed by atoms with Crippen LogP contribution in [0.5, 0.6) is 0 Å². The minimum atomic E-state index is -0.434. The van der Waals surface area contributed by atoms with Crippen molar-refractivity contribution in [3.05, 3.63) is 59.7 Å². The molecular formula is C23H27N3O3. The summed E-state index contributed by atoms with van der Waals surface area (Å²) >= 11 is 0. The number of anilines is 2. The quantitative estimate of drug-likeness (QED) is 0.788. The second-order valence-electron chi connectivity index (χ2n) is 7.42. The van der Waals surface area contributed by atoms with E-state index in [9.17, 15) is 14.4 Å². The van der Waals surface area contributed by atoms with E-state index in [2.05, 4.69) is 30.5 Å². The Balaban J connectivity index is 1.74. The van der Waals surface area contributed by atoms with E-state index in [1.165, 1.54) is 0 Å². The van der Waals surface area contributed by atoms with Gasteiger partial charge in [0.2, 0.25) is 11.8 Å². The molecule has 0 aromatic heterocycles. The molecule has 2 aromatic carbocycles. The Kier molecular flexibility index (Phi) is 6.32. The molecule has 3 amide bonds. The number of carbonyl (C=O) groups excluding carboxylic acids is 3. The number of carbonyl (C=O) groups is 3. The van der Waals surface area contributed by atoms with Crippen LogP contribution in [0, 0.1) is 5.92 Å². The lowest BCUT2D eigenvalue weighted by atomic mass is 9.96. The summed E-state index contributed by atoms with van der Waals surface area (Å²) in [6, 6.07) is 14.7. The first-order valence-corrected chi connectivity index (χ1v) is 9.96. The van der Waals surface area contributed by atoms with Crippen molar-refractivity contribution in [2.75, 3.05) is 23.8 Å². The Hall–Kier alpha value is -3.15. The van der Waals surface area contributed by atoms with Crippen LogP contribution in [0.3, 0.4) is 0 Å². The van der Waals surface area contributed by atoms with E-state index in [1.807, 2.05) is 18.2 Å². The third-order valence-corrected chi connectivity index (χ3v) is 5.49. The average molecular weight is 393 g/mol. The molecular weight excluding hydrogens is 366 g/mol. The van der Waals surface area contributed by atoms with Crippen LogP contribution in [0.2, 0.25) is 0 Å². The molecule has 2 atom stereocenters. The maximum Gasteiger partial charge on any atom is 0.251 e.